The topological polar surface area (TPSA) is 72.7 Å². The smallest absolute Gasteiger partial charge is 0.395 e. The zero-order valence-corrected chi connectivity index (χ0v) is 10.0. The number of para-hydroxylation sites is 2. The van der Waals surface area contributed by atoms with Gasteiger partial charge in [0.05, 0.1) is 0 Å². The summed E-state index contributed by atoms with van der Waals surface area (Å²) < 4.78 is 0. The predicted octanol–water partition coefficient (Wildman–Crippen LogP) is 1.61. The van der Waals surface area contributed by atoms with E-state index < -0.39 is 5.69 Å². The third kappa shape index (κ3) is 3.34. The van der Waals surface area contributed by atoms with Gasteiger partial charge in [0.25, 0.3) is 5.52 Å². The molecule has 1 heterocycles. The SMILES string of the molecule is CC.CC.O=c1nc2ccccc2[n+]([O-])[nH]1. The normalized spacial score (nSPS) is 8.50. The Hall–Kier alpha value is -1.91. The number of hydrogen-bond acceptors (Lipinski definition) is 3. The van der Waals surface area contributed by atoms with Crippen molar-refractivity contribution >= 4 is 11.0 Å². The van der Waals surface area contributed by atoms with E-state index in [1.807, 2.05) is 32.8 Å². The molecule has 1 aromatic carbocycles. The third-order valence-corrected chi connectivity index (χ3v) is 1.52. The molecule has 5 nitrogen and oxygen atoms in total. The monoisotopic (exact) mass is 223 g/mol. The molecule has 0 aliphatic carbocycles. The first kappa shape index (κ1) is 14.1. The second kappa shape index (κ2) is 7.39. The lowest BCUT2D eigenvalue weighted by Crippen LogP contribution is -2.39. The quantitative estimate of drug-likeness (QED) is 0.544. The second-order valence-corrected chi connectivity index (χ2v) is 2.31. The van der Waals surface area contributed by atoms with Crippen molar-refractivity contribution in [2.45, 2.75) is 27.7 Å². The molecule has 0 atom stereocenters. The molecule has 0 spiro atoms. The largest absolute Gasteiger partial charge is 0.595 e. The Bertz CT molecular complexity index is 480. The average molecular weight is 223 g/mol. The maximum absolute atomic E-state index is 11.0. The van der Waals surface area contributed by atoms with Gasteiger partial charge < -0.3 is 5.21 Å². The van der Waals surface area contributed by atoms with Crippen LogP contribution in [0.5, 0.6) is 0 Å². The Morgan fingerprint density at radius 1 is 1.19 bits per heavy atom. The predicted molar refractivity (Wildman–Crippen MR) is 64.0 cm³/mol. The Labute approximate surface area is 94.3 Å². The molecule has 16 heavy (non-hydrogen) atoms. The highest BCUT2D eigenvalue weighted by molar-refractivity contribution is 5.69. The van der Waals surface area contributed by atoms with Crippen molar-refractivity contribution in [2.24, 2.45) is 0 Å². The van der Waals surface area contributed by atoms with E-state index in [0.717, 1.165) is 0 Å². The number of H-pyrrole nitrogens is 1. The van der Waals surface area contributed by atoms with Crippen molar-refractivity contribution in [1.29, 1.82) is 0 Å². The Kier molecular flexibility index (Phi) is 6.51. The number of hydrogen-bond donors (Lipinski definition) is 1. The van der Waals surface area contributed by atoms with Gasteiger partial charge in [-0.2, -0.15) is 4.98 Å². The highest BCUT2D eigenvalue weighted by Gasteiger charge is 2.03. The van der Waals surface area contributed by atoms with Crippen LogP contribution < -0.4 is 10.5 Å². The van der Waals surface area contributed by atoms with Crippen molar-refractivity contribution in [3.8, 4) is 0 Å². The van der Waals surface area contributed by atoms with E-state index >= 15 is 0 Å². The van der Waals surface area contributed by atoms with Crippen LogP contribution in [0.4, 0.5) is 0 Å². The lowest BCUT2D eigenvalue weighted by molar-refractivity contribution is -0.644. The first-order valence-corrected chi connectivity index (χ1v) is 5.36. The van der Waals surface area contributed by atoms with Gasteiger partial charge in [0.1, 0.15) is 5.52 Å². The maximum atomic E-state index is 11.0. The van der Waals surface area contributed by atoms with Gasteiger partial charge in [0.15, 0.2) is 0 Å². The van der Waals surface area contributed by atoms with Crippen LogP contribution >= 0.6 is 0 Å². The van der Waals surface area contributed by atoms with Crippen molar-refractivity contribution in [3.63, 3.8) is 0 Å². The van der Waals surface area contributed by atoms with Crippen molar-refractivity contribution in [1.82, 2.24) is 10.1 Å². The first-order valence-electron chi connectivity index (χ1n) is 5.36. The number of benzene rings is 1. The zero-order valence-electron chi connectivity index (χ0n) is 10.0. The van der Waals surface area contributed by atoms with E-state index in [0.29, 0.717) is 15.9 Å². The van der Waals surface area contributed by atoms with Gasteiger partial charge in [-0.3, -0.25) is 0 Å². The Morgan fingerprint density at radius 2 is 1.75 bits per heavy atom. The minimum Gasteiger partial charge on any atom is -0.595 e. The third-order valence-electron chi connectivity index (χ3n) is 1.52. The van der Waals surface area contributed by atoms with Crippen LogP contribution in [0.3, 0.4) is 0 Å². The summed E-state index contributed by atoms with van der Waals surface area (Å²) in [5.74, 6) is 0. The zero-order chi connectivity index (χ0) is 12.6. The maximum Gasteiger partial charge on any atom is 0.395 e. The average Bonchev–Trinajstić information content (AvgIpc) is 2.34. The molecule has 0 saturated heterocycles. The number of rotatable bonds is 0. The van der Waals surface area contributed by atoms with Gasteiger partial charge in [0, 0.05) is 6.07 Å². The molecule has 0 aliphatic rings. The summed E-state index contributed by atoms with van der Waals surface area (Å²) in [5, 5.41) is 13.0. The summed E-state index contributed by atoms with van der Waals surface area (Å²) in [5.41, 5.74) is 0.122. The fourth-order valence-corrected chi connectivity index (χ4v) is 1.01. The molecule has 0 aliphatic heterocycles. The summed E-state index contributed by atoms with van der Waals surface area (Å²) in [4.78, 5) is 14.7. The summed E-state index contributed by atoms with van der Waals surface area (Å²) in [6.07, 6.45) is 0. The van der Waals surface area contributed by atoms with Crippen molar-refractivity contribution in [2.75, 3.05) is 0 Å². The molecule has 0 amide bonds. The van der Waals surface area contributed by atoms with Crippen LogP contribution in [-0.2, 0) is 0 Å². The van der Waals surface area contributed by atoms with Crippen LogP contribution in [0.1, 0.15) is 27.7 Å². The first-order chi connectivity index (χ1) is 7.77. The van der Waals surface area contributed by atoms with E-state index in [1.165, 1.54) is 0 Å². The van der Waals surface area contributed by atoms with E-state index in [9.17, 15) is 10.0 Å². The summed E-state index contributed by atoms with van der Waals surface area (Å²) >= 11 is 0. The van der Waals surface area contributed by atoms with Gasteiger partial charge in [0.2, 0.25) is 0 Å². The molecule has 2 aromatic rings. The standard InChI is InChI=1S/C7H5N3O2.2C2H6/c11-7-8-5-3-1-2-4-6(5)10(12)9-7;2*1-2/h1-4H,(H,8,9,11);2*1-2H3. The molecular formula is C11H17N3O2. The molecule has 0 unspecified atom stereocenters. The van der Waals surface area contributed by atoms with Gasteiger partial charge >= 0.3 is 5.69 Å². The van der Waals surface area contributed by atoms with Crippen LogP contribution in [-0.4, -0.2) is 10.1 Å². The highest BCUT2D eigenvalue weighted by atomic mass is 16.5. The Balaban J connectivity index is 0.000000509. The lowest BCUT2D eigenvalue weighted by atomic mass is 10.3. The number of nitrogens with one attached hydrogen (secondary N) is 1. The van der Waals surface area contributed by atoms with Crippen molar-refractivity contribution in [3.05, 3.63) is 40.0 Å². The Morgan fingerprint density at radius 3 is 2.38 bits per heavy atom. The summed E-state index contributed by atoms with van der Waals surface area (Å²) in [6.45, 7) is 8.00. The summed E-state index contributed by atoms with van der Waals surface area (Å²) in [7, 11) is 0. The van der Waals surface area contributed by atoms with E-state index in [1.54, 1.807) is 24.3 Å². The molecule has 0 saturated carbocycles. The van der Waals surface area contributed by atoms with Gasteiger partial charge in [-0.05, 0) is 6.07 Å². The minimum absolute atomic E-state index is 0.358. The molecule has 0 bridgehead atoms. The van der Waals surface area contributed by atoms with Crippen LogP contribution in [0.2, 0.25) is 0 Å². The molecule has 0 radical (unpaired) electrons. The van der Waals surface area contributed by atoms with Gasteiger partial charge in [-0.25, -0.2) is 4.79 Å². The van der Waals surface area contributed by atoms with Crippen LogP contribution in [0.25, 0.3) is 11.0 Å². The molecule has 88 valence electrons. The lowest BCUT2D eigenvalue weighted by Gasteiger charge is -1.96. The second-order valence-electron chi connectivity index (χ2n) is 2.31. The number of aromatic nitrogens is 3. The van der Waals surface area contributed by atoms with Crippen LogP contribution in [0, 0.1) is 5.21 Å². The fraction of sp³-hybridized carbons (Fsp3) is 0.364. The minimum atomic E-state index is -0.635. The van der Waals surface area contributed by atoms with E-state index in [4.69, 9.17) is 0 Å². The highest BCUT2D eigenvalue weighted by Crippen LogP contribution is 2.00. The van der Waals surface area contributed by atoms with Gasteiger partial charge in [-0.15, -0.1) is 0 Å². The van der Waals surface area contributed by atoms with Gasteiger partial charge in [-0.1, -0.05) is 49.8 Å². The van der Waals surface area contributed by atoms with Crippen molar-refractivity contribution < 1.29 is 4.85 Å². The van der Waals surface area contributed by atoms with E-state index in [-0.39, 0.29) is 0 Å². The molecular weight excluding hydrogens is 206 g/mol. The molecule has 2 rings (SSSR count). The van der Waals surface area contributed by atoms with E-state index in [2.05, 4.69) is 4.98 Å². The van der Waals surface area contributed by atoms with Crippen LogP contribution in [0.15, 0.2) is 29.1 Å². The molecule has 5 heteroatoms. The molecule has 0 fully saturated rings. The molecule has 1 aromatic heterocycles. The summed E-state index contributed by atoms with van der Waals surface area (Å²) in [6, 6.07) is 6.62. The molecule has 1 N–H and O–H groups in total. The number of fused-ring (bicyclic) bond motifs is 1. The fourth-order valence-electron chi connectivity index (χ4n) is 1.01. The number of nitrogens with zero attached hydrogens (tertiary/aromatic N) is 2. The number of aromatic amines is 1.